The molecule has 0 aliphatic heterocycles. The van der Waals surface area contributed by atoms with E-state index in [0.29, 0.717) is 5.76 Å². The molecule has 0 aliphatic carbocycles. The highest BCUT2D eigenvalue weighted by atomic mass is 32.1. The minimum atomic E-state index is -0.380. The molecule has 0 saturated carbocycles. The molecule has 2 N–H and O–H groups in total. The predicted octanol–water partition coefficient (Wildman–Crippen LogP) is 5.62. The molecule has 144 valence electrons. The summed E-state index contributed by atoms with van der Waals surface area (Å²) in [5.41, 5.74) is 7.57. The fraction of sp³-hybridized carbons (Fsp3) is 0.217. The van der Waals surface area contributed by atoms with Crippen molar-refractivity contribution in [2.24, 2.45) is 0 Å². The van der Waals surface area contributed by atoms with Crippen molar-refractivity contribution in [2.45, 2.75) is 34.6 Å². The van der Waals surface area contributed by atoms with Gasteiger partial charge in [-0.15, -0.1) is 0 Å². The first-order chi connectivity index (χ1) is 13.2. The second-order valence-electron chi connectivity index (χ2n) is 7.14. The number of hydrogen-bond acceptors (Lipinski definition) is 3. The Bertz CT molecular complexity index is 1040. The van der Waals surface area contributed by atoms with Crippen LogP contribution in [-0.2, 0) is 0 Å². The summed E-state index contributed by atoms with van der Waals surface area (Å²) >= 11 is 5.31. The van der Waals surface area contributed by atoms with Crippen molar-refractivity contribution >= 4 is 28.9 Å². The van der Waals surface area contributed by atoms with Gasteiger partial charge in [0.15, 0.2) is 10.9 Å². The zero-order chi connectivity index (χ0) is 20.4. The van der Waals surface area contributed by atoms with Crippen LogP contribution in [0.15, 0.2) is 46.9 Å². The molecule has 2 aromatic carbocycles. The summed E-state index contributed by atoms with van der Waals surface area (Å²) < 4.78 is 5.74. The van der Waals surface area contributed by atoms with Crippen LogP contribution in [0.1, 0.15) is 38.4 Å². The Morgan fingerprint density at radius 2 is 1.54 bits per heavy atom. The highest BCUT2D eigenvalue weighted by molar-refractivity contribution is 7.80. The number of carbonyl (C=O) groups is 1. The van der Waals surface area contributed by atoms with Gasteiger partial charge in [0.2, 0.25) is 0 Å². The summed E-state index contributed by atoms with van der Waals surface area (Å²) in [6, 6.07) is 13.7. The van der Waals surface area contributed by atoms with E-state index in [0.717, 1.165) is 22.4 Å². The molecule has 0 unspecified atom stereocenters. The molecule has 1 heterocycles. The van der Waals surface area contributed by atoms with Gasteiger partial charge in [0, 0.05) is 11.3 Å². The third-order valence-corrected chi connectivity index (χ3v) is 4.97. The van der Waals surface area contributed by atoms with Gasteiger partial charge in [-0.2, -0.15) is 0 Å². The number of aryl methyl sites for hydroxylation is 5. The Kier molecular flexibility index (Phi) is 5.66. The van der Waals surface area contributed by atoms with Crippen LogP contribution in [0.3, 0.4) is 0 Å². The second-order valence-corrected chi connectivity index (χ2v) is 7.55. The Hall–Kier alpha value is -2.92. The van der Waals surface area contributed by atoms with Crippen LogP contribution in [0.2, 0.25) is 0 Å². The summed E-state index contributed by atoms with van der Waals surface area (Å²) in [7, 11) is 0. The normalized spacial score (nSPS) is 10.6. The molecule has 0 atom stereocenters. The van der Waals surface area contributed by atoms with Crippen LogP contribution >= 0.6 is 12.2 Å². The number of furan rings is 1. The molecular formula is C23H24N2O2S. The first-order valence-electron chi connectivity index (χ1n) is 9.12. The SMILES string of the molecule is Cc1cc(C)c(NC(=S)NC(=O)c2ccc(-c3ccc(C)c(C)c3)o2)c(C)c1. The first kappa shape index (κ1) is 19.8. The van der Waals surface area contributed by atoms with E-state index in [1.165, 1.54) is 16.7 Å². The van der Waals surface area contributed by atoms with E-state index in [1.807, 2.05) is 39.0 Å². The Morgan fingerprint density at radius 3 is 2.18 bits per heavy atom. The van der Waals surface area contributed by atoms with Gasteiger partial charge in [0.25, 0.3) is 5.91 Å². The summed E-state index contributed by atoms with van der Waals surface area (Å²) in [5.74, 6) is 0.488. The maximum absolute atomic E-state index is 12.5. The fourth-order valence-electron chi connectivity index (χ4n) is 3.20. The molecule has 4 nitrogen and oxygen atoms in total. The van der Waals surface area contributed by atoms with E-state index < -0.39 is 0 Å². The summed E-state index contributed by atoms with van der Waals surface area (Å²) in [6.45, 7) is 10.2. The molecule has 5 heteroatoms. The van der Waals surface area contributed by atoms with E-state index in [4.69, 9.17) is 16.6 Å². The molecular weight excluding hydrogens is 368 g/mol. The minimum Gasteiger partial charge on any atom is -0.451 e. The van der Waals surface area contributed by atoms with Crippen LogP contribution < -0.4 is 10.6 Å². The maximum atomic E-state index is 12.5. The highest BCUT2D eigenvalue weighted by Crippen LogP contribution is 2.25. The van der Waals surface area contributed by atoms with Gasteiger partial charge >= 0.3 is 0 Å². The predicted molar refractivity (Wildman–Crippen MR) is 118 cm³/mol. The van der Waals surface area contributed by atoms with Crippen molar-refractivity contribution in [2.75, 3.05) is 5.32 Å². The summed E-state index contributed by atoms with van der Waals surface area (Å²) in [4.78, 5) is 12.5. The Balaban J connectivity index is 1.71. The molecule has 1 amide bonds. The average molecular weight is 393 g/mol. The van der Waals surface area contributed by atoms with Crippen LogP contribution in [0, 0.1) is 34.6 Å². The lowest BCUT2D eigenvalue weighted by molar-refractivity contribution is 0.0951. The van der Waals surface area contributed by atoms with Gasteiger partial charge in [0.1, 0.15) is 5.76 Å². The third kappa shape index (κ3) is 4.31. The molecule has 0 radical (unpaired) electrons. The smallest absolute Gasteiger partial charge is 0.293 e. The third-order valence-electron chi connectivity index (χ3n) is 4.76. The molecule has 0 spiro atoms. The van der Waals surface area contributed by atoms with Crippen molar-refractivity contribution in [3.05, 3.63) is 76.0 Å². The number of carbonyl (C=O) groups excluding carboxylic acids is 1. The highest BCUT2D eigenvalue weighted by Gasteiger charge is 2.15. The van der Waals surface area contributed by atoms with E-state index in [9.17, 15) is 4.79 Å². The molecule has 0 saturated heterocycles. The van der Waals surface area contributed by atoms with Crippen molar-refractivity contribution in [3.63, 3.8) is 0 Å². The molecule has 0 aliphatic rings. The number of anilines is 1. The van der Waals surface area contributed by atoms with Crippen LogP contribution in [-0.4, -0.2) is 11.0 Å². The lowest BCUT2D eigenvalue weighted by atomic mass is 10.1. The van der Waals surface area contributed by atoms with Gasteiger partial charge in [-0.25, -0.2) is 0 Å². The number of rotatable bonds is 3. The molecule has 0 bridgehead atoms. The van der Waals surface area contributed by atoms with Crippen LogP contribution in [0.25, 0.3) is 11.3 Å². The van der Waals surface area contributed by atoms with Crippen molar-refractivity contribution in [1.82, 2.24) is 5.32 Å². The van der Waals surface area contributed by atoms with E-state index in [2.05, 4.69) is 36.6 Å². The monoisotopic (exact) mass is 392 g/mol. The van der Waals surface area contributed by atoms with E-state index in [1.54, 1.807) is 12.1 Å². The maximum Gasteiger partial charge on any atom is 0.293 e. The lowest BCUT2D eigenvalue weighted by Crippen LogP contribution is -2.34. The Morgan fingerprint density at radius 1 is 0.857 bits per heavy atom. The average Bonchev–Trinajstić information content (AvgIpc) is 3.10. The molecule has 0 fully saturated rings. The standard InChI is InChI=1S/C23H24N2O2S/c1-13-10-16(4)21(17(5)11-13)24-23(28)25-22(26)20-9-8-19(27-20)18-7-6-14(2)15(3)12-18/h6-12H,1-5H3,(H2,24,25,26,28). The quantitative estimate of drug-likeness (QED) is 0.569. The first-order valence-corrected chi connectivity index (χ1v) is 9.53. The number of amides is 1. The second kappa shape index (κ2) is 7.98. The minimum absolute atomic E-state index is 0.217. The van der Waals surface area contributed by atoms with Gasteiger partial charge in [-0.05, 0) is 87.3 Å². The molecule has 1 aromatic heterocycles. The van der Waals surface area contributed by atoms with E-state index in [-0.39, 0.29) is 16.8 Å². The van der Waals surface area contributed by atoms with Gasteiger partial charge < -0.3 is 9.73 Å². The van der Waals surface area contributed by atoms with Crippen LogP contribution in [0.4, 0.5) is 5.69 Å². The van der Waals surface area contributed by atoms with Crippen LogP contribution in [0.5, 0.6) is 0 Å². The van der Waals surface area contributed by atoms with Crippen molar-refractivity contribution in [3.8, 4) is 11.3 Å². The van der Waals surface area contributed by atoms with E-state index >= 15 is 0 Å². The topological polar surface area (TPSA) is 54.3 Å². The summed E-state index contributed by atoms with van der Waals surface area (Å²) in [6.07, 6.45) is 0. The zero-order valence-corrected chi connectivity index (χ0v) is 17.6. The summed E-state index contributed by atoms with van der Waals surface area (Å²) in [5, 5.41) is 6.04. The van der Waals surface area contributed by atoms with Gasteiger partial charge in [0.05, 0.1) is 0 Å². The number of thiocarbonyl (C=S) groups is 1. The number of nitrogens with one attached hydrogen (secondary N) is 2. The Labute approximate surface area is 171 Å². The largest absolute Gasteiger partial charge is 0.451 e. The van der Waals surface area contributed by atoms with Gasteiger partial charge in [-0.3, -0.25) is 10.1 Å². The fourth-order valence-corrected chi connectivity index (χ4v) is 3.39. The number of hydrogen-bond donors (Lipinski definition) is 2. The molecule has 28 heavy (non-hydrogen) atoms. The zero-order valence-electron chi connectivity index (χ0n) is 16.8. The molecule has 3 aromatic rings. The number of benzene rings is 2. The molecule has 3 rings (SSSR count). The van der Waals surface area contributed by atoms with Gasteiger partial charge in [-0.1, -0.05) is 29.8 Å². The van der Waals surface area contributed by atoms with Crippen molar-refractivity contribution < 1.29 is 9.21 Å². The lowest BCUT2D eigenvalue weighted by Gasteiger charge is -2.14. The van der Waals surface area contributed by atoms with Crippen molar-refractivity contribution in [1.29, 1.82) is 0 Å².